The molecule has 8 rings (SSSR count). The summed E-state index contributed by atoms with van der Waals surface area (Å²) >= 11 is 0. The molecule has 7 aromatic carbocycles. The lowest BCUT2D eigenvalue weighted by atomic mass is 9.34. The summed E-state index contributed by atoms with van der Waals surface area (Å²) in [7, 11) is 0. The zero-order valence-electron chi connectivity index (χ0n) is 29.2. The lowest BCUT2D eigenvalue weighted by molar-refractivity contribution is 1.27. The van der Waals surface area contributed by atoms with Gasteiger partial charge in [-0.05, 0) is 63.6 Å². The summed E-state index contributed by atoms with van der Waals surface area (Å²) in [6.07, 6.45) is 1.90. The minimum absolute atomic E-state index is 0.101. The third kappa shape index (κ3) is 7.06. The Morgan fingerprint density at radius 1 is 0.365 bits per heavy atom. The first kappa shape index (κ1) is 32.7. The Balaban J connectivity index is 1.39. The fourth-order valence-corrected chi connectivity index (χ4v) is 7.12. The van der Waals surface area contributed by atoms with Gasteiger partial charge in [-0.25, -0.2) is 0 Å². The monoisotopic (exact) mass is 663 g/mol. The lowest BCUT2D eigenvalue weighted by Crippen LogP contribution is -2.44. The van der Waals surface area contributed by atoms with Crippen LogP contribution in [0.3, 0.4) is 0 Å². The van der Waals surface area contributed by atoms with E-state index in [1.54, 1.807) is 0 Å². The Bertz CT molecular complexity index is 2300. The van der Waals surface area contributed by atoms with E-state index in [9.17, 15) is 0 Å². The number of nitrogens with zero attached hydrogens (tertiary/aromatic N) is 1. The van der Waals surface area contributed by atoms with E-state index >= 15 is 0 Å². The molecule has 246 valence electrons. The maximum Gasteiger partial charge on any atom is 0.242 e. The standard InChI is InChI=1S/C50H38BN/c1-37-20-22-44(23-21-37)49(48-19-11-12-36-52-48)50(45-26-24-41(25-27-45)38-13-5-2-6-14-38)51(46-32-28-42(29-33-46)39-15-7-3-8-16-39)47-34-30-43(31-35-47)40-17-9-4-10-18-40/h2-36H,1H3/b50-49-. The quantitative estimate of drug-likeness (QED) is 0.111. The second kappa shape index (κ2) is 15.2. The van der Waals surface area contributed by atoms with Gasteiger partial charge in [-0.15, -0.1) is 0 Å². The number of aromatic nitrogens is 1. The Morgan fingerprint density at radius 2 is 0.750 bits per heavy atom. The molecule has 0 atom stereocenters. The summed E-state index contributed by atoms with van der Waals surface area (Å²) in [6, 6.07) is 74.3. The van der Waals surface area contributed by atoms with Crippen molar-refractivity contribution < 1.29 is 0 Å². The molecule has 0 saturated heterocycles. The molecule has 0 unspecified atom stereocenters. The second-order valence-corrected chi connectivity index (χ2v) is 13.2. The van der Waals surface area contributed by atoms with Gasteiger partial charge in [0.2, 0.25) is 6.71 Å². The predicted octanol–water partition coefficient (Wildman–Crippen LogP) is 11.2. The Morgan fingerprint density at radius 3 is 1.17 bits per heavy atom. The third-order valence-electron chi connectivity index (χ3n) is 9.82. The minimum Gasteiger partial charge on any atom is -0.256 e. The first-order valence-corrected chi connectivity index (χ1v) is 17.9. The molecule has 1 aromatic heterocycles. The molecule has 0 fully saturated rings. The number of hydrogen-bond donors (Lipinski definition) is 0. The lowest BCUT2D eigenvalue weighted by Gasteiger charge is -2.25. The van der Waals surface area contributed by atoms with E-state index < -0.39 is 0 Å². The fraction of sp³-hybridized carbons (Fsp3) is 0.0200. The van der Waals surface area contributed by atoms with Crippen molar-refractivity contribution in [2.75, 3.05) is 0 Å². The number of hydrogen-bond acceptors (Lipinski definition) is 1. The van der Waals surface area contributed by atoms with Gasteiger partial charge in [-0.1, -0.05) is 216 Å². The summed E-state index contributed by atoms with van der Waals surface area (Å²) < 4.78 is 0. The second-order valence-electron chi connectivity index (χ2n) is 13.2. The fourth-order valence-electron chi connectivity index (χ4n) is 7.12. The molecule has 0 radical (unpaired) electrons. The summed E-state index contributed by atoms with van der Waals surface area (Å²) in [5.74, 6) is 0. The van der Waals surface area contributed by atoms with E-state index in [2.05, 4.69) is 207 Å². The van der Waals surface area contributed by atoms with Crippen LogP contribution >= 0.6 is 0 Å². The number of aryl methyl sites for hydroxylation is 1. The van der Waals surface area contributed by atoms with Crippen LogP contribution in [0.1, 0.15) is 22.4 Å². The van der Waals surface area contributed by atoms with Crippen LogP contribution in [0.25, 0.3) is 44.4 Å². The van der Waals surface area contributed by atoms with Crippen LogP contribution in [0.5, 0.6) is 0 Å². The van der Waals surface area contributed by atoms with E-state index in [1.165, 1.54) is 55.3 Å². The highest BCUT2D eigenvalue weighted by Crippen LogP contribution is 2.35. The molecule has 0 aliphatic carbocycles. The molecule has 2 heteroatoms. The molecule has 0 aliphatic rings. The van der Waals surface area contributed by atoms with Crippen molar-refractivity contribution in [2.24, 2.45) is 0 Å². The van der Waals surface area contributed by atoms with Gasteiger partial charge in [0.25, 0.3) is 0 Å². The van der Waals surface area contributed by atoms with Gasteiger partial charge >= 0.3 is 0 Å². The molecule has 8 aromatic rings. The third-order valence-corrected chi connectivity index (χ3v) is 9.82. The maximum absolute atomic E-state index is 5.01. The van der Waals surface area contributed by atoms with Crippen LogP contribution in [-0.2, 0) is 0 Å². The van der Waals surface area contributed by atoms with Gasteiger partial charge in [-0.2, -0.15) is 0 Å². The van der Waals surface area contributed by atoms with Crippen molar-refractivity contribution in [1.29, 1.82) is 0 Å². The predicted molar refractivity (Wildman–Crippen MR) is 222 cm³/mol. The molecular formula is C50H38BN. The molecule has 0 saturated carbocycles. The minimum atomic E-state index is -0.101. The van der Waals surface area contributed by atoms with E-state index in [1.807, 2.05) is 12.3 Å². The first-order chi connectivity index (χ1) is 25.7. The summed E-state index contributed by atoms with van der Waals surface area (Å²) in [5.41, 5.74) is 16.4. The Kier molecular flexibility index (Phi) is 9.53. The van der Waals surface area contributed by atoms with Crippen LogP contribution in [0.15, 0.2) is 212 Å². The highest BCUT2D eigenvalue weighted by molar-refractivity contribution is 7.00. The van der Waals surface area contributed by atoms with Gasteiger partial charge in [0.1, 0.15) is 0 Å². The van der Waals surface area contributed by atoms with Crippen LogP contribution in [0, 0.1) is 6.92 Å². The summed E-state index contributed by atoms with van der Waals surface area (Å²) in [5, 5.41) is 0. The molecule has 0 spiro atoms. The molecule has 1 heterocycles. The maximum atomic E-state index is 5.01. The normalized spacial score (nSPS) is 11.5. The molecule has 52 heavy (non-hydrogen) atoms. The molecular weight excluding hydrogens is 625 g/mol. The number of pyridine rings is 1. The van der Waals surface area contributed by atoms with Crippen molar-refractivity contribution in [3.05, 3.63) is 235 Å². The zero-order chi connectivity index (χ0) is 35.1. The van der Waals surface area contributed by atoms with Gasteiger partial charge in [0, 0.05) is 11.8 Å². The average molecular weight is 664 g/mol. The Hall–Kier alpha value is -6.51. The topological polar surface area (TPSA) is 12.9 Å². The van der Waals surface area contributed by atoms with Gasteiger partial charge in [0.05, 0.1) is 5.69 Å². The van der Waals surface area contributed by atoms with E-state index in [-0.39, 0.29) is 6.71 Å². The number of rotatable bonds is 9. The smallest absolute Gasteiger partial charge is 0.242 e. The number of benzene rings is 7. The molecule has 0 aliphatic heterocycles. The molecule has 0 bridgehead atoms. The van der Waals surface area contributed by atoms with Crippen molar-refractivity contribution >= 4 is 28.7 Å². The van der Waals surface area contributed by atoms with Crippen molar-refractivity contribution in [1.82, 2.24) is 4.98 Å². The molecule has 0 N–H and O–H groups in total. The van der Waals surface area contributed by atoms with E-state index in [4.69, 9.17) is 4.98 Å². The summed E-state index contributed by atoms with van der Waals surface area (Å²) in [6.45, 7) is 2.04. The van der Waals surface area contributed by atoms with Crippen LogP contribution in [0.4, 0.5) is 0 Å². The average Bonchev–Trinajstić information content (AvgIpc) is 3.23. The van der Waals surface area contributed by atoms with Crippen LogP contribution in [-0.4, -0.2) is 11.7 Å². The SMILES string of the molecule is Cc1ccc(/C(=C(/B(c2ccc(-c3ccccc3)cc2)c2ccc(-c3ccccc3)cc2)c2ccc(-c3ccccc3)cc2)c2ccccn2)cc1. The molecule has 0 amide bonds. The van der Waals surface area contributed by atoms with Crippen molar-refractivity contribution in [3.63, 3.8) is 0 Å². The van der Waals surface area contributed by atoms with Crippen molar-refractivity contribution in [2.45, 2.75) is 6.92 Å². The van der Waals surface area contributed by atoms with Crippen LogP contribution < -0.4 is 10.9 Å². The molecule has 1 nitrogen and oxygen atoms in total. The van der Waals surface area contributed by atoms with E-state index in [0.29, 0.717) is 0 Å². The summed E-state index contributed by atoms with van der Waals surface area (Å²) in [4.78, 5) is 5.01. The first-order valence-electron chi connectivity index (χ1n) is 17.9. The Labute approximate surface area is 307 Å². The van der Waals surface area contributed by atoms with E-state index in [0.717, 1.165) is 22.4 Å². The van der Waals surface area contributed by atoms with Gasteiger partial charge < -0.3 is 0 Å². The van der Waals surface area contributed by atoms with Crippen molar-refractivity contribution in [3.8, 4) is 33.4 Å². The highest BCUT2D eigenvalue weighted by atomic mass is 14.7. The van der Waals surface area contributed by atoms with Crippen LogP contribution in [0.2, 0.25) is 0 Å². The zero-order valence-corrected chi connectivity index (χ0v) is 29.2. The van der Waals surface area contributed by atoms with Gasteiger partial charge in [0.15, 0.2) is 0 Å². The largest absolute Gasteiger partial charge is 0.256 e. The van der Waals surface area contributed by atoms with Gasteiger partial charge in [-0.3, -0.25) is 4.98 Å². The highest BCUT2D eigenvalue weighted by Gasteiger charge is 2.30.